The Balaban J connectivity index is 2.28. The van der Waals surface area contributed by atoms with Crippen LogP contribution in [0.15, 0.2) is 24.3 Å². The van der Waals surface area contributed by atoms with Crippen molar-refractivity contribution in [2.75, 3.05) is 13.1 Å². The molecule has 1 heterocycles. The van der Waals surface area contributed by atoms with Gasteiger partial charge >= 0.3 is 0 Å². The van der Waals surface area contributed by atoms with E-state index in [-0.39, 0.29) is 5.75 Å². The Kier molecular flexibility index (Phi) is 2.44. The topological polar surface area (TPSA) is 52.5 Å². The Morgan fingerprint density at radius 3 is 2.57 bits per heavy atom. The Hall–Kier alpha value is -1.06. The van der Waals surface area contributed by atoms with Gasteiger partial charge in [0.2, 0.25) is 0 Å². The maximum absolute atomic E-state index is 10.3. The molecule has 0 saturated carbocycles. The highest BCUT2D eigenvalue weighted by Gasteiger charge is 2.30. The molecule has 1 aliphatic heterocycles. The third kappa shape index (κ3) is 1.74. The van der Waals surface area contributed by atoms with Gasteiger partial charge in [-0.15, -0.1) is 0 Å². The van der Waals surface area contributed by atoms with E-state index in [1.165, 1.54) is 0 Å². The summed E-state index contributed by atoms with van der Waals surface area (Å²) < 4.78 is 0. The molecule has 76 valence electrons. The van der Waals surface area contributed by atoms with Crippen LogP contribution in [0.2, 0.25) is 0 Å². The summed E-state index contributed by atoms with van der Waals surface area (Å²) in [5, 5.41) is 22.8. The molecule has 0 aromatic heterocycles. The number of benzene rings is 1. The Morgan fingerprint density at radius 1 is 1.21 bits per heavy atom. The molecule has 1 aliphatic rings. The summed E-state index contributed by atoms with van der Waals surface area (Å²) in [6.45, 7) is 1.65. The minimum absolute atomic E-state index is 0.217. The molecule has 14 heavy (non-hydrogen) atoms. The smallest absolute Gasteiger partial charge is 0.115 e. The largest absolute Gasteiger partial charge is 0.508 e. The zero-order valence-corrected chi connectivity index (χ0v) is 8.03. The number of nitrogens with one attached hydrogen (secondary N) is 1. The zero-order valence-electron chi connectivity index (χ0n) is 8.03. The van der Waals surface area contributed by atoms with E-state index in [0.717, 1.165) is 18.7 Å². The molecule has 1 aromatic rings. The predicted molar refractivity (Wildman–Crippen MR) is 54.1 cm³/mol. The molecule has 3 N–H and O–H groups in total. The zero-order chi connectivity index (χ0) is 10.0. The molecule has 3 nitrogen and oxygen atoms in total. The Morgan fingerprint density at radius 2 is 1.93 bits per heavy atom. The lowest BCUT2D eigenvalue weighted by molar-refractivity contribution is 0.00576. The van der Waals surface area contributed by atoms with Gasteiger partial charge in [-0.3, -0.25) is 0 Å². The molecule has 2 rings (SSSR count). The van der Waals surface area contributed by atoms with E-state index in [4.69, 9.17) is 0 Å². The molecule has 0 radical (unpaired) electrons. The normalized spacial score (nSPS) is 20.6. The molecular weight excluding hydrogens is 178 g/mol. The fourth-order valence-electron chi connectivity index (χ4n) is 1.92. The molecule has 0 amide bonds. The van der Waals surface area contributed by atoms with E-state index in [2.05, 4.69) is 5.32 Å². The second kappa shape index (κ2) is 3.59. The molecule has 0 bridgehead atoms. The summed E-state index contributed by atoms with van der Waals surface area (Å²) in [5.41, 5.74) is 0.0586. The molecule has 1 fully saturated rings. The monoisotopic (exact) mass is 193 g/mol. The predicted octanol–water partition coefficient (Wildman–Crippen LogP) is 0.963. The minimum atomic E-state index is -0.760. The average molecular weight is 193 g/mol. The van der Waals surface area contributed by atoms with Crippen molar-refractivity contribution >= 4 is 0 Å². The van der Waals surface area contributed by atoms with E-state index < -0.39 is 5.60 Å². The number of aliphatic hydroxyl groups is 1. The van der Waals surface area contributed by atoms with Crippen LogP contribution in [0.5, 0.6) is 5.75 Å². The van der Waals surface area contributed by atoms with Crippen LogP contribution in [0.1, 0.15) is 18.4 Å². The first-order chi connectivity index (χ1) is 6.71. The van der Waals surface area contributed by atoms with Gasteiger partial charge in [0.1, 0.15) is 5.75 Å². The third-order valence-corrected chi connectivity index (χ3v) is 2.81. The number of piperidine rings is 1. The molecule has 0 unspecified atom stereocenters. The minimum Gasteiger partial charge on any atom is -0.508 e. The quantitative estimate of drug-likeness (QED) is 0.622. The summed E-state index contributed by atoms with van der Waals surface area (Å²) in [5.74, 6) is 0.217. The van der Waals surface area contributed by atoms with Gasteiger partial charge in [0, 0.05) is 0 Å². The van der Waals surface area contributed by atoms with Gasteiger partial charge in [-0.1, -0.05) is 12.1 Å². The van der Waals surface area contributed by atoms with Crippen molar-refractivity contribution in [3.05, 3.63) is 29.8 Å². The van der Waals surface area contributed by atoms with Crippen LogP contribution in [-0.4, -0.2) is 23.3 Å². The van der Waals surface area contributed by atoms with Crippen LogP contribution in [0, 0.1) is 0 Å². The van der Waals surface area contributed by atoms with Crippen LogP contribution in [0.25, 0.3) is 0 Å². The summed E-state index contributed by atoms with van der Waals surface area (Å²) in [4.78, 5) is 0. The number of phenolic OH excluding ortho intramolecular Hbond substituents is 1. The summed E-state index contributed by atoms with van der Waals surface area (Å²) >= 11 is 0. The molecular formula is C11H15NO2. The number of phenols is 1. The van der Waals surface area contributed by atoms with Crippen LogP contribution in [0.3, 0.4) is 0 Å². The summed E-state index contributed by atoms with van der Waals surface area (Å²) in [6, 6.07) is 6.90. The maximum Gasteiger partial charge on any atom is 0.115 e. The highest BCUT2D eigenvalue weighted by Crippen LogP contribution is 2.31. The highest BCUT2D eigenvalue weighted by atomic mass is 16.3. The van der Waals surface area contributed by atoms with Crippen molar-refractivity contribution < 1.29 is 10.2 Å². The van der Waals surface area contributed by atoms with Gasteiger partial charge in [0.25, 0.3) is 0 Å². The highest BCUT2D eigenvalue weighted by molar-refractivity contribution is 5.31. The van der Waals surface area contributed by atoms with Crippen molar-refractivity contribution in [3.8, 4) is 5.75 Å². The number of hydrogen-bond acceptors (Lipinski definition) is 3. The summed E-state index contributed by atoms with van der Waals surface area (Å²) in [7, 11) is 0. The molecule has 0 spiro atoms. The van der Waals surface area contributed by atoms with Gasteiger partial charge in [0.05, 0.1) is 5.60 Å². The van der Waals surface area contributed by atoms with E-state index in [1.54, 1.807) is 18.2 Å². The van der Waals surface area contributed by atoms with Crippen LogP contribution in [0.4, 0.5) is 0 Å². The van der Waals surface area contributed by atoms with Crippen molar-refractivity contribution in [1.82, 2.24) is 5.32 Å². The lowest BCUT2D eigenvalue weighted by Gasteiger charge is -2.33. The van der Waals surface area contributed by atoms with E-state index in [0.29, 0.717) is 12.8 Å². The molecule has 3 heteroatoms. The fraction of sp³-hybridized carbons (Fsp3) is 0.455. The van der Waals surface area contributed by atoms with Crippen LogP contribution >= 0.6 is 0 Å². The molecule has 0 atom stereocenters. The second-order valence-electron chi connectivity index (χ2n) is 3.83. The van der Waals surface area contributed by atoms with Crippen LogP contribution in [-0.2, 0) is 5.60 Å². The lowest BCUT2D eigenvalue weighted by atomic mass is 9.85. The van der Waals surface area contributed by atoms with Gasteiger partial charge in [-0.25, -0.2) is 0 Å². The average Bonchev–Trinajstić information content (AvgIpc) is 2.19. The first kappa shape index (κ1) is 9.49. The first-order valence-electron chi connectivity index (χ1n) is 4.93. The molecule has 0 aliphatic carbocycles. The van der Waals surface area contributed by atoms with Gasteiger partial charge < -0.3 is 15.5 Å². The van der Waals surface area contributed by atoms with Crippen molar-refractivity contribution in [2.24, 2.45) is 0 Å². The lowest BCUT2D eigenvalue weighted by Crippen LogP contribution is -2.39. The van der Waals surface area contributed by atoms with Crippen molar-refractivity contribution in [2.45, 2.75) is 18.4 Å². The SMILES string of the molecule is Oc1cccc(C2(O)CCNCC2)c1. The number of aromatic hydroxyl groups is 1. The number of hydrogen-bond donors (Lipinski definition) is 3. The van der Waals surface area contributed by atoms with Gasteiger partial charge in [-0.05, 0) is 43.6 Å². The molecule has 1 saturated heterocycles. The summed E-state index contributed by atoms with van der Waals surface area (Å²) in [6.07, 6.45) is 1.41. The Labute approximate surface area is 83.4 Å². The van der Waals surface area contributed by atoms with E-state index >= 15 is 0 Å². The molecule has 1 aromatic carbocycles. The second-order valence-corrected chi connectivity index (χ2v) is 3.83. The van der Waals surface area contributed by atoms with E-state index in [9.17, 15) is 10.2 Å². The Bertz CT molecular complexity index is 319. The van der Waals surface area contributed by atoms with Crippen molar-refractivity contribution in [1.29, 1.82) is 0 Å². The van der Waals surface area contributed by atoms with Crippen molar-refractivity contribution in [3.63, 3.8) is 0 Å². The third-order valence-electron chi connectivity index (χ3n) is 2.81. The standard InChI is InChI=1S/C11H15NO2/c13-10-3-1-2-9(8-10)11(14)4-6-12-7-5-11/h1-3,8,12-14H,4-7H2. The van der Waals surface area contributed by atoms with Crippen LogP contribution < -0.4 is 5.32 Å². The van der Waals surface area contributed by atoms with Gasteiger partial charge in [-0.2, -0.15) is 0 Å². The first-order valence-corrected chi connectivity index (χ1v) is 4.93. The number of rotatable bonds is 1. The van der Waals surface area contributed by atoms with Gasteiger partial charge in [0.15, 0.2) is 0 Å². The van der Waals surface area contributed by atoms with E-state index in [1.807, 2.05) is 6.07 Å². The fourth-order valence-corrected chi connectivity index (χ4v) is 1.92. The maximum atomic E-state index is 10.3.